The highest BCUT2D eigenvalue weighted by molar-refractivity contribution is 5.83. The fraction of sp³-hybridized carbons (Fsp3) is 0.889. The third-order valence-electron chi connectivity index (χ3n) is 3.04. The highest BCUT2D eigenvalue weighted by Crippen LogP contribution is 2.27. The Balaban J connectivity index is 2.03. The van der Waals surface area contributed by atoms with Gasteiger partial charge in [-0.25, -0.2) is 0 Å². The van der Waals surface area contributed by atoms with E-state index < -0.39 is 0 Å². The molecule has 74 valence electrons. The summed E-state index contributed by atoms with van der Waals surface area (Å²) in [5.41, 5.74) is 5.71. The fourth-order valence-corrected chi connectivity index (χ4v) is 2.14. The van der Waals surface area contributed by atoms with Gasteiger partial charge in [-0.2, -0.15) is 5.10 Å². The number of nitrogens with zero attached hydrogens (tertiary/aromatic N) is 2. The molecule has 0 aromatic carbocycles. The van der Waals surface area contributed by atoms with Gasteiger partial charge in [0.2, 0.25) is 0 Å². The number of hydrogen-bond acceptors (Lipinski definition) is 4. The summed E-state index contributed by atoms with van der Waals surface area (Å²) in [7, 11) is 0. The zero-order valence-corrected chi connectivity index (χ0v) is 7.98. The van der Waals surface area contributed by atoms with Crippen molar-refractivity contribution in [3.05, 3.63) is 0 Å². The Labute approximate surface area is 78.4 Å². The van der Waals surface area contributed by atoms with Crippen molar-refractivity contribution >= 4 is 5.84 Å². The number of aliphatic hydroxyl groups is 1. The van der Waals surface area contributed by atoms with Gasteiger partial charge in [-0.3, -0.25) is 5.01 Å². The maximum Gasteiger partial charge on any atom is 0.124 e. The SMILES string of the molecule is CC1CN(C2CCCC2O)N=C1N. The van der Waals surface area contributed by atoms with Crippen LogP contribution in [0.25, 0.3) is 0 Å². The fourth-order valence-electron chi connectivity index (χ4n) is 2.14. The quantitative estimate of drug-likeness (QED) is 0.607. The second kappa shape index (κ2) is 3.18. The monoisotopic (exact) mass is 183 g/mol. The summed E-state index contributed by atoms with van der Waals surface area (Å²) >= 11 is 0. The molecule has 4 heteroatoms. The van der Waals surface area contributed by atoms with Gasteiger partial charge < -0.3 is 10.8 Å². The van der Waals surface area contributed by atoms with Crippen molar-refractivity contribution in [1.82, 2.24) is 5.01 Å². The third kappa shape index (κ3) is 1.50. The van der Waals surface area contributed by atoms with Crippen LogP contribution in [0.4, 0.5) is 0 Å². The van der Waals surface area contributed by atoms with Crippen molar-refractivity contribution in [3.63, 3.8) is 0 Å². The number of hydrazone groups is 1. The summed E-state index contributed by atoms with van der Waals surface area (Å²) in [5.74, 6) is 1.05. The molecule has 1 saturated carbocycles. The molecule has 13 heavy (non-hydrogen) atoms. The predicted molar refractivity (Wildman–Crippen MR) is 51.1 cm³/mol. The van der Waals surface area contributed by atoms with E-state index in [-0.39, 0.29) is 12.1 Å². The van der Waals surface area contributed by atoms with E-state index in [4.69, 9.17) is 5.73 Å². The van der Waals surface area contributed by atoms with E-state index >= 15 is 0 Å². The van der Waals surface area contributed by atoms with Gasteiger partial charge in [0.25, 0.3) is 0 Å². The van der Waals surface area contributed by atoms with Gasteiger partial charge in [-0.05, 0) is 19.3 Å². The van der Waals surface area contributed by atoms with E-state index in [1.807, 2.05) is 5.01 Å². The Morgan fingerprint density at radius 1 is 1.54 bits per heavy atom. The first-order valence-corrected chi connectivity index (χ1v) is 4.97. The zero-order valence-electron chi connectivity index (χ0n) is 7.98. The molecule has 1 aliphatic heterocycles. The lowest BCUT2D eigenvalue weighted by Gasteiger charge is -2.25. The van der Waals surface area contributed by atoms with Gasteiger partial charge in [-0.1, -0.05) is 6.92 Å². The minimum Gasteiger partial charge on any atom is -0.391 e. The van der Waals surface area contributed by atoms with Crippen molar-refractivity contribution in [1.29, 1.82) is 0 Å². The minimum atomic E-state index is -0.207. The van der Waals surface area contributed by atoms with Crippen LogP contribution < -0.4 is 5.73 Å². The van der Waals surface area contributed by atoms with Gasteiger partial charge in [0.1, 0.15) is 5.84 Å². The van der Waals surface area contributed by atoms with Gasteiger partial charge in [0, 0.05) is 12.5 Å². The molecule has 3 atom stereocenters. The van der Waals surface area contributed by atoms with Crippen LogP contribution in [0.3, 0.4) is 0 Å². The Morgan fingerprint density at radius 2 is 2.31 bits per heavy atom. The molecule has 4 nitrogen and oxygen atoms in total. The Bertz CT molecular complexity index is 229. The smallest absolute Gasteiger partial charge is 0.124 e. The molecule has 1 fully saturated rings. The molecular weight excluding hydrogens is 166 g/mol. The average Bonchev–Trinajstić information content (AvgIpc) is 2.60. The molecule has 2 aliphatic rings. The van der Waals surface area contributed by atoms with Crippen LogP contribution in [0.5, 0.6) is 0 Å². The lowest BCUT2D eigenvalue weighted by molar-refractivity contribution is 0.0761. The number of amidine groups is 1. The topological polar surface area (TPSA) is 61.8 Å². The lowest BCUT2D eigenvalue weighted by Crippen LogP contribution is -2.36. The first-order valence-electron chi connectivity index (χ1n) is 4.97. The van der Waals surface area contributed by atoms with Crippen LogP contribution in [0.15, 0.2) is 5.10 Å². The Hall–Kier alpha value is -0.770. The van der Waals surface area contributed by atoms with Crippen molar-refractivity contribution < 1.29 is 5.11 Å². The van der Waals surface area contributed by atoms with E-state index in [9.17, 15) is 5.11 Å². The zero-order chi connectivity index (χ0) is 9.42. The number of nitrogens with two attached hydrogens (primary N) is 1. The number of rotatable bonds is 1. The molecule has 0 amide bonds. The number of aliphatic hydroxyl groups excluding tert-OH is 1. The van der Waals surface area contributed by atoms with Gasteiger partial charge in [0.05, 0.1) is 12.1 Å². The maximum absolute atomic E-state index is 9.67. The molecule has 1 heterocycles. The van der Waals surface area contributed by atoms with E-state index in [0.29, 0.717) is 11.8 Å². The van der Waals surface area contributed by atoms with E-state index in [1.165, 1.54) is 0 Å². The molecule has 1 aliphatic carbocycles. The normalized spacial score (nSPS) is 39.7. The molecule has 3 unspecified atom stereocenters. The molecule has 0 bridgehead atoms. The van der Waals surface area contributed by atoms with Crippen molar-refractivity contribution in [2.24, 2.45) is 16.8 Å². The number of hydrogen-bond donors (Lipinski definition) is 2. The summed E-state index contributed by atoms with van der Waals surface area (Å²) < 4.78 is 0. The van der Waals surface area contributed by atoms with Crippen molar-refractivity contribution in [2.75, 3.05) is 6.54 Å². The Morgan fingerprint density at radius 3 is 2.77 bits per heavy atom. The molecule has 0 aromatic rings. The largest absolute Gasteiger partial charge is 0.391 e. The highest BCUT2D eigenvalue weighted by Gasteiger charge is 2.34. The molecule has 0 radical (unpaired) electrons. The summed E-state index contributed by atoms with van der Waals surface area (Å²) in [6, 6.07) is 0.212. The first-order chi connectivity index (χ1) is 6.18. The van der Waals surface area contributed by atoms with Crippen LogP contribution in [0.1, 0.15) is 26.2 Å². The van der Waals surface area contributed by atoms with Crippen LogP contribution in [-0.4, -0.2) is 34.6 Å². The van der Waals surface area contributed by atoms with Gasteiger partial charge in [0.15, 0.2) is 0 Å². The summed E-state index contributed by atoms with van der Waals surface area (Å²) in [6.45, 7) is 2.94. The van der Waals surface area contributed by atoms with Crippen LogP contribution in [0, 0.1) is 5.92 Å². The Kier molecular flexibility index (Phi) is 2.15. The summed E-state index contributed by atoms with van der Waals surface area (Å²) in [4.78, 5) is 0. The van der Waals surface area contributed by atoms with Crippen LogP contribution in [-0.2, 0) is 0 Å². The van der Waals surface area contributed by atoms with Crippen molar-refractivity contribution in [2.45, 2.75) is 38.3 Å². The third-order valence-corrected chi connectivity index (χ3v) is 3.04. The molecular formula is C9H17N3O. The average molecular weight is 183 g/mol. The van der Waals surface area contributed by atoms with Crippen LogP contribution >= 0.6 is 0 Å². The molecule has 3 N–H and O–H groups in total. The summed E-state index contributed by atoms with van der Waals surface area (Å²) in [6.07, 6.45) is 2.85. The first kappa shape index (κ1) is 8.81. The molecule has 2 rings (SSSR count). The standard InChI is InChI=1S/C9H17N3O/c1-6-5-12(11-9(6)10)7-3-2-4-8(7)13/h6-8,13H,2-5H2,1H3,(H2,10,11). The molecule has 0 spiro atoms. The van der Waals surface area contributed by atoms with Gasteiger partial charge in [-0.15, -0.1) is 0 Å². The van der Waals surface area contributed by atoms with E-state index in [0.717, 1.165) is 25.8 Å². The second-order valence-electron chi connectivity index (χ2n) is 4.11. The van der Waals surface area contributed by atoms with Gasteiger partial charge >= 0.3 is 0 Å². The van der Waals surface area contributed by atoms with Crippen molar-refractivity contribution in [3.8, 4) is 0 Å². The lowest BCUT2D eigenvalue weighted by atomic mass is 10.1. The maximum atomic E-state index is 9.67. The molecule has 0 saturated heterocycles. The van der Waals surface area contributed by atoms with Crippen LogP contribution in [0.2, 0.25) is 0 Å². The predicted octanol–water partition coefficient (Wildman–Crippen LogP) is 0.124. The highest BCUT2D eigenvalue weighted by atomic mass is 16.3. The summed E-state index contributed by atoms with van der Waals surface area (Å²) in [5, 5.41) is 15.9. The van der Waals surface area contributed by atoms with E-state index in [1.54, 1.807) is 0 Å². The molecule has 0 aromatic heterocycles. The minimum absolute atomic E-state index is 0.207. The van der Waals surface area contributed by atoms with E-state index in [2.05, 4.69) is 12.0 Å². The second-order valence-corrected chi connectivity index (χ2v) is 4.11.